The second-order valence-corrected chi connectivity index (χ2v) is 20.3. The van der Waals surface area contributed by atoms with Gasteiger partial charge in [-0.3, -0.25) is 13.8 Å². The number of phosphoric acid groups is 1. The maximum Gasteiger partial charge on any atom is 0.472 e. The van der Waals surface area contributed by atoms with E-state index in [2.05, 4.69) is 43.5 Å². The van der Waals surface area contributed by atoms with Crippen LogP contribution in [0.25, 0.3) is 0 Å². The number of nitrogens with one attached hydrogen (secondary N) is 1. The van der Waals surface area contributed by atoms with Crippen molar-refractivity contribution in [3.8, 4) is 0 Å². The van der Waals surface area contributed by atoms with Gasteiger partial charge in [0, 0.05) is 6.42 Å². The Morgan fingerprint density at radius 1 is 0.541 bits per heavy atom. The number of likely N-dealkylation sites (N-methyl/N-ethyl adjacent to an activating group) is 1. The fraction of sp³-hybridized carbons (Fsp3) is 0.865. The van der Waals surface area contributed by atoms with Crippen LogP contribution >= 0.6 is 7.82 Å². The SMILES string of the molecule is CCCCCCCCCC/C=C\CCCCCCCCCC(=O)NC(COP(=O)(O)OCC[N+](C)(C)C)C(O)/C=C/CC/C=C/CCCCCCCCCCCCCCCC. The van der Waals surface area contributed by atoms with Crippen LogP contribution in [0.4, 0.5) is 0 Å². The summed E-state index contributed by atoms with van der Waals surface area (Å²) in [7, 11) is 1.56. The van der Waals surface area contributed by atoms with Gasteiger partial charge < -0.3 is 19.8 Å². The minimum absolute atomic E-state index is 0.0557. The van der Waals surface area contributed by atoms with Gasteiger partial charge in [0.2, 0.25) is 5.91 Å². The van der Waals surface area contributed by atoms with E-state index in [9.17, 15) is 19.4 Å². The zero-order chi connectivity index (χ0) is 45.0. The Bertz CT molecular complexity index is 1090. The molecule has 0 aliphatic carbocycles. The van der Waals surface area contributed by atoms with Crippen LogP contribution in [0.3, 0.4) is 0 Å². The first-order valence-corrected chi connectivity index (χ1v) is 27.4. The van der Waals surface area contributed by atoms with E-state index in [1.165, 1.54) is 180 Å². The summed E-state index contributed by atoms with van der Waals surface area (Å²) in [6, 6.07) is -0.864. The molecule has 3 N–H and O–H groups in total. The third-order valence-electron chi connectivity index (χ3n) is 11.6. The molecular formula is C52H102N2O6P+. The molecule has 0 saturated carbocycles. The molecule has 0 rings (SSSR count). The van der Waals surface area contributed by atoms with Crippen LogP contribution < -0.4 is 5.32 Å². The topological polar surface area (TPSA) is 105 Å². The number of rotatable bonds is 47. The van der Waals surface area contributed by atoms with Gasteiger partial charge in [0.15, 0.2) is 0 Å². The smallest absolute Gasteiger partial charge is 0.387 e. The lowest BCUT2D eigenvalue weighted by Crippen LogP contribution is -2.45. The van der Waals surface area contributed by atoms with E-state index in [0.717, 1.165) is 38.5 Å². The molecule has 3 atom stereocenters. The van der Waals surface area contributed by atoms with E-state index in [-0.39, 0.29) is 19.1 Å². The van der Waals surface area contributed by atoms with Gasteiger partial charge in [0.25, 0.3) is 0 Å². The van der Waals surface area contributed by atoms with Gasteiger partial charge in [-0.05, 0) is 57.8 Å². The zero-order valence-corrected chi connectivity index (χ0v) is 41.8. The van der Waals surface area contributed by atoms with Crippen molar-refractivity contribution in [2.24, 2.45) is 0 Å². The number of aliphatic hydroxyl groups excluding tert-OH is 1. The lowest BCUT2D eigenvalue weighted by Gasteiger charge is -2.25. The fourth-order valence-corrected chi connectivity index (χ4v) is 8.20. The molecule has 0 radical (unpaired) electrons. The molecule has 0 aromatic rings. The number of aliphatic hydroxyl groups is 1. The van der Waals surface area contributed by atoms with Gasteiger partial charge in [0.05, 0.1) is 39.9 Å². The second-order valence-electron chi connectivity index (χ2n) is 18.9. The molecule has 360 valence electrons. The molecule has 0 aliphatic rings. The summed E-state index contributed by atoms with van der Waals surface area (Å²) in [5, 5.41) is 13.9. The van der Waals surface area contributed by atoms with Crippen molar-refractivity contribution in [2.75, 3.05) is 40.9 Å². The number of phosphoric ester groups is 1. The number of hydrogen-bond donors (Lipinski definition) is 3. The van der Waals surface area contributed by atoms with Crippen LogP contribution in [0.15, 0.2) is 36.5 Å². The standard InChI is InChI=1S/C52H101N2O6P/c1-6-8-10-12-14-16-18-20-22-24-26-28-29-31-33-35-37-39-41-43-45-51(55)50(49-60-61(57,58)59-48-47-54(3,4)5)53-52(56)46-44-42-40-38-36-34-32-30-27-25-23-21-19-17-15-13-11-9-7-2/h25,27,35,37,43,45,50-51,55H,6-24,26,28-34,36,38-42,44,46-49H2,1-5H3,(H-,53,56,57,58)/p+1/b27-25-,37-35+,45-43+. The number of carbonyl (C=O) groups is 1. The van der Waals surface area contributed by atoms with Gasteiger partial charge in [-0.1, -0.05) is 211 Å². The van der Waals surface area contributed by atoms with E-state index in [0.29, 0.717) is 17.4 Å². The molecule has 0 heterocycles. The summed E-state index contributed by atoms with van der Waals surface area (Å²) >= 11 is 0. The molecule has 0 saturated heterocycles. The Hall–Kier alpha value is -1.28. The molecule has 3 unspecified atom stereocenters. The molecule has 9 heteroatoms. The van der Waals surface area contributed by atoms with E-state index in [4.69, 9.17) is 9.05 Å². The van der Waals surface area contributed by atoms with Crippen molar-refractivity contribution in [1.82, 2.24) is 5.32 Å². The fourth-order valence-electron chi connectivity index (χ4n) is 7.46. The normalized spacial score (nSPS) is 14.4. The maximum absolute atomic E-state index is 12.9. The lowest BCUT2D eigenvalue weighted by molar-refractivity contribution is -0.870. The molecule has 1 amide bonds. The highest BCUT2D eigenvalue weighted by atomic mass is 31.2. The second kappa shape index (κ2) is 43.9. The minimum atomic E-state index is -4.35. The number of unbranched alkanes of at least 4 members (excludes halogenated alkanes) is 30. The first kappa shape index (κ1) is 59.7. The predicted molar refractivity (Wildman–Crippen MR) is 263 cm³/mol. The molecule has 61 heavy (non-hydrogen) atoms. The highest BCUT2D eigenvalue weighted by molar-refractivity contribution is 7.47. The van der Waals surface area contributed by atoms with Crippen molar-refractivity contribution in [3.63, 3.8) is 0 Å². The van der Waals surface area contributed by atoms with Crippen molar-refractivity contribution in [2.45, 2.75) is 251 Å². The highest BCUT2D eigenvalue weighted by Crippen LogP contribution is 2.43. The highest BCUT2D eigenvalue weighted by Gasteiger charge is 2.27. The van der Waals surface area contributed by atoms with Crippen LogP contribution in [-0.4, -0.2) is 73.4 Å². The Labute approximate surface area is 378 Å². The minimum Gasteiger partial charge on any atom is -0.387 e. The number of hydrogen-bond acceptors (Lipinski definition) is 5. The molecule has 8 nitrogen and oxygen atoms in total. The Morgan fingerprint density at radius 3 is 1.31 bits per heavy atom. The predicted octanol–water partition coefficient (Wildman–Crippen LogP) is 15.0. The quantitative estimate of drug-likeness (QED) is 0.0243. The molecule has 0 fully saturated rings. The summed E-state index contributed by atoms with van der Waals surface area (Å²) in [5.41, 5.74) is 0. The number of carbonyl (C=O) groups excluding carboxylic acids is 1. The Morgan fingerprint density at radius 2 is 0.902 bits per heavy atom. The average molecular weight is 882 g/mol. The molecule has 0 aliphatic heterocycles. The van der Waals surface area contributed by atoms with Crippen LogP contribution in [0.2, 0.25) is 0 Å². The van der Waals surface area contributed by atoms with Crippen LogP contribution in [0, 0.1) is 0 Å². The number of allylic oxidation sites excluding steroid dienone is 5. The van der Waals surface area contributed by atoms with Gasteiger partial charge in [-0.25, -0.2) is 4.57 Å². The van der Waals surface area contributed by atoms with Crippen LogP contribution in [-0.2, 0) is 18.4 Å². The number of nitrogens with zero attached hydrogens (tertiary/aromatic N) is 1. The first-order chi connectivity index (χ1) is 29.5. The lowest BCUT2D eigenvalue weighted by atomic mass is 10.0. The van der Waals surface area contributed by atoms with Crippen molar-refractivity contribution < 1.29 is 32.9 Å². The molecular weight excluding hydrogens is 780 g/mol. The third-order valence-corrected chi connectivity index (χ3v) is 12.6. The number of quaternary nitrogens is 1. The summed E-state index contributed by atoms with van der Waals surface area (Å²) < 4.78 is 23.6. The van der Waals surface area contributed by atoms with Crippen molar-refractivity contribution in [1.29, 1.82) is 0 Å². The summed E-state index contributed by atoms with van der Waals surface area (Å²) in [6.07, 6.45) is 55.1. The third kappa shape index (κ3) is 46.5. The number of amides is 1. The molecule has 0 aromatic carbocycles. The van der Waals surface area contributed by atoms with E-state index in [1.54, 1.807) is 6.08 Å². The first-order valence-electron chi connectivity index (χ1n) is 25.9. The summed E-state index contributed by atoms with van der Waals surface area (Å²) in [5.74, 6) is -0.190. The van der Waals surface area contributed by atoms with Crippen LogP contribution in [0.1, 0.15) is 239 Å². The monoisotopic (exact) mass is 882 g/mol. The van der Waals surface area contributed by atoms with E-state index < -0.39 is 20.0 Å². The van der Waals surface area contributed by atoms with Gasteiger partial charge in [0.1, 0.15) is 13.2 Å². The molecule has 0 spiro atoms. The van der Waals surface area contributed by atoms with Gasteiger partial charge in [-0.2, -0.15) is 0 Å². The van der Waals surface area contributed by atoms with Crippen LogP contribution in [0.5, 0.6) is 0 Å². The Balaban J connectivity index is 4.36. The van der Waals surface area contributed by atoms with Crippen molar-refractivity contribution >= 4 is 13.7 Å². The Kier molecular flexibility index (Phi) is 43.0. The average Bonchev–Trinajstić information content (AvgIpc) is 3.21. The maximum atomic E-state index is 12.9. The molecule has 0 aromatic heterocycles. The largest absolute Gasteiger partial charge is 0.472 e. The zero-order valence-electron chi connectivity index (χ0n) is 40.9. The van der Waals surface area contributed by atoms with Gasteiger partial charge >= 0.3 is 7.82 Å². The summed E-state index contributed by atoms with van der Waals surface area (Å²) in [6.45, 7) is 4.81. The van der Waals surface area contributed by atoms with Crippen molar-refractivity contribution in [3.05, 3.63) is 36.5 Å². The molecule has 0 bridgehead atoms. The van der Waals surface area contributed by atoms with E-state index >= 15 is 0 Å². The van der Waals surface area contributed by atoms with Gasteiger partial charge in [-0.15, -0.1) is 0 Å². The summed E-state index contributed by atoms with van der Waals surface area (Å²) in [4.78, 5) is 23.2. The van der Waals surface area contributed by atoms with E-state index in [1.807, 2.05) is 27.2 Å².